The predicted molar refractivity (Wildman–Crippen MR) is 276 cm³/mol. The molecule has 2 fully saturated rings. The van der Waals surface area contributed by atoms with E-state index in [0.29, 0.717) is 35.5 Å². The molecule has 14 aromatic carbocycles. The largest absolute Gasteiger partial charge is 0.327 e. The molecule has 8 unspecified atom stereocenters. The fourth-order valence-electron chi connectivity index (χ4n) is 27.0. The lowest BCUT2D eigenvalue weighted by atomic mass is 9.43. The summed E-state index contributed by atoms with van der Waals surface area (Å²) in [5, 5.41) is 48.7. The summed E-state index contributed by atoms with van der Waals surface area (Å²) in [6.45, 7) is 7.91. The topological polar surface area (TPSA) is 0 Å². The van der Waals surface area contributed by atoms with Gasteiger partial charge in [-0.25, -0.2) is 0 Å². The Bertz CT molecular complexity index is 5720. The molecule has 2 aliphatic heterocycles. The van der Waals surface area contributed by atoms with Crippen molar-refractivity contribution in [2.45, 2.75) is 60.2 Å². The van der Waals surface area contributed by atoms with Crippen molar-refractivity contribution in [3.63, 3.8) is 0 Å². The van der Waals surface area contributed by atoms with E-state index in [4.69, 9.17) is 0 Å². The highest BCUT2D eigenvalue weighted by Crippen LogP contribution is 2.90. The molecule has 2 heterocycles. The molecule has 0 N–H and O–H groups in total. The minimum atomic E-state index is -0.0206. The summed E-state index contributed by atoms with van der Waals surface area (Å²) in [4.78, 5) is 0. The van der Waals surface area contributed by atoms with Crippen LogP contribution in [-0.2, 0) is 17.3 Å². The molecule has 2 saturated heterocycles. The van der Waals surface area contributed by atoms with Gasteiger partial charge >= 0.3 is 0 Å². The molecule has 0 saturated carbocycles. The van der Waals surface area contributed by atoms with Gasteiger partial charge in [0.05, 0.1) is 65.2 Å². The maximum absolute atomic E-state index is 3.00. The molecular formula is C66H36N2+2. The molecule has 308 valence electrons. The monoisotopic (exact) mass is 856 g/mol. The summed E-state index contributed by atoms with van der Waals surface area (Å²) in [6, 6.07) is 3.00. The van der Waals surface area contributed by atoms with Crippen molar-refractivity contribution in [1.82, 2.24) is 0 Å². The van der Waals surface area contributed by atoms with Crippen LogP contribution >= 0.6 is 0 Å². The van der Waals surface area contributed by atoms with E-state index in [1.807, 2.05) is 83.1 Å². The number of likely N-dealkylation sites (N-methyl/N-ethyl adjacent to an activating group) is 2. The fourth-order valence-corrected chi connectivity index (χ4v) is 27.0. The highest BCUT2D eigenvalue weighted by Gasteiger charge is 2.83. The van der Waals surface area contributed by atoms with E-state index < -0.39 is 0 Å². The lowest BCUT2D eigenvalue weighted by Gasteiger charge is -2.59. The molecule has 12 aliphatic carbocycles. The molecule has 14 aliphatic rings. The number of benzene rings is 10. The van der Waals surface area contributed by atoms with Gasteiger partial charge in [-0.1, -0.05) is 19.1 Å². The fraction of sp³-hybridized carbons (Fsp3) is 0.303. The van der Waals surface area contributed by atoms with Crippen molar-refractivity contribution < 1.29 is 8.97 Å². The first-order valence-corrected chi connectivity index (χ1v) is 26.9. The summed E-state index contributed by atoms with van der Waals surface area (Å²) in [7, 11) is 10.6. The minimum Gasteiger partial charge on any atom is -0.327 e. The third-order valence-electron chi connectivity index (χ3n) is 26.4. The Balaban J connectivity index is 1.15. The van der Waals surface area contributed by atoms with E-state index in [9.17, 15) is 0 Å². The molecule has 3 spiro atoms. The smallest absolute Gasteiger partial charge is 0.102 e. The Labute approximate surface area is 385 Å². The quantitative estimate of drug-likeness (QED) is 0.105. The van der Waals surface area contributed by atoms with Crippen LogP contribution in [0.25, 0.3) is 163 Å². The van der Waals surface area contributed by atoms with Crippen LogP contribution < -0.4 is 10.4 Å². The highest BCUT2D eigenvalue weighted by atomic mass is 15.4. The first-order valence-electron chi connectivity index (χ1n) is 26.9. The normalized spacial score (nSPS) is 34.8. The zero-order valence-corrected chi connectivity index (χ0v) is 38.3. The second kappa shape index (κ2) is 6.76. The maximum Gasteiger partial charge on any atom is 0.102 e. The summed E-state index contributed by atoms with van der Waals surface area (Å²) in [5.74, 6) is 3.05. The van der Waals surface area contributed by atoms with Gasteiger partial charge in [-0.05, 0) is 265 Å². The maximum atomic E-state index is 3.00. The Hall–Kier alpha value is -6.06. The predicted octanol–water partition coefficient (Wildman–Crippen LogP) is 11.8. The van der Waals surface area contributed by atoms with Crippen LogP contribution in [0.15, 0.2) is 6.07 Å². The van der Waals surface area contributed by atoms with Gasteiger partial charge in [-0.2, -0.15) is 0 Å². The first kappa shape index (κ1) is 29.1. The van der Waals surface area contributed by atoms with Gasteiger partial charge in [0, 0.05) is 23.7 Å². The summed E-state index contributed by atoms with van der Waals surface area (Å²) in [5.41, 5.74) is 28.1. The van der Waals surface area contributed by atoms with Crippen LogP contribution in [0.5, 0.6) is 0 Å². The van der Waals surface area contributed by atoms with Crippen molar-refractivity contribution in [3.8, 4) is 0 Å². The lowest BCUT2D eigenvalue weighted by molar-refractivity contribution is -0.943. The Morgan fingerprint density at radius 1 is 0.471 bits per heavy atom. The van der Waals surface area contributed by atoms with Gasteiger partial charge in [0.25, 0.3) is 0 Å². The summed E-state index contributed by atoms with van der Waals surface area (Å²) < 4.78 is 2.27. The number of hydrogen-bond donors (Lipinski definition) is 0. The molecule has 2 nitrogen and oxygen atoms in total. The van der Waals surface area contributed by atoms with Gasteiger partial charge in [-0.15, -0.1) is 0 Å². The molecule has 0 amide bonds. The van der Waals surface area contributed by atoms with Crippen molar-refractivity contribution in [3.05, 3.63) is 88.8 Å². The van der Waals surface area contributed by atoms with Crippen molar-refractivity contribution in [2.24, 2.45) is 11.3 Å². The Morgan fingerprint density at radius 2 is 1.10 bits per heavy atom. The van der Waals surface area contributed by atoms with Crippen LogP contribution in [0.4, 0.5) is 0 Å². The van der Waals surface area contributed by atoms with E-state index in [2.05, 4.69) is 53.3 Å². The molecule has 0 aromatic heterocycles. The van der Waals surface area contributed by atoms with Gasteiger partial charge < -0.3 is 8.97 Å². The van der Waals surface area contributed by atoms with Gasteiger partial charge in [0.2, 0.25) is 0 Å². The van der Waals surface area contributed by atoms with Crippen LogP contribution in [0.1, 0.15) is 115 Å². The van der Waals surface area contributed by atoms with Crippen molar-refractivity contribution in [2.75, 3.05) is 54.4 Å². The third-order valence-corrected chi connectivity index (χ3v) is 26.4. The van der Waals surface area contributed by atoms with Crippen LogP contribution in [0.2, 0.25) is 0 Å². The molecule has 14 aromatic rings. The number of quaternary nitrogens is 2. The molecule has 28 rings (SSSR count). The highest BCUT2D eigenvalue weighted by molar-refractivity contribution is 6.65. The number of allylic oxidation sites excluding steroid dienone is 1. The van der Waals surface area contributed by atoms with Crippen molar-refractivity contribution in [1.29, 1.82) is 0 Å². The average Bonchev–Trinajstić information content (AvgIpc) is 4.21. The molecule has 2 heteroatoms. The number of likely N-dealkylation sites (tertiary alicyclic amines) is 2. The van der Waals surface area contributed by atoms with Crippen LogP contribution in [0.3, 0.4) is 0 Å². The molecular weight excluding hydrogens is 821 g/mol. The van der Waals surface area contributed by atoms with E-state index in [0.717, 1.165) is 21.8 Å². The zero-order valence-electron chi connectivity index (χ0n) is 38.3. The van der Waals surface area contributed by atoms with Gasteiger partial charge in [0.15, 0.2) is 0 Å². The lowest BCUT2D eigenvalue weighted by Crippen LogP contribution is -2.70. The Morgan fingerprint density at radius 3 is 1.93 bits per heavy atom. The SMILES string of the molecule is CC1C2c3cc4c5c6c7c8c9c%10c6c4c4c3C3=C6c%11c%12c%13c%14c%15c(c9c9c%16c8c(c8/c(c%17c%18c%19c(c(c%11c%11c%19c%19c%17c8c%16c(c%149)c%19c%13%11)C62)C1C%181C[N+](C)(C)C1)=C/CC=5)C7)C%10C4C31C[N+](C)(C)CC%12%151. The zero-order chi connectivity index (χ0) is 42.2. The molecule has 2 bridgehead atoms. The minimum absolute atomic E-state index is 0.0206. The number of hydrogen-bond acceptors (Lipinski definition) is 0. The van der Waals surface area contributed by atoms with Crippen molar-refractivity contribution >= 4 is 163 Å². The second-order valence-corrected chi connectivity index (χ2v) is 28.6. The second-order valence-electron chi connectivity index (χ2n) is 28.6. The standard InChI is InChI=1S/C66H36N2/c1-15-22-19-9-18-16-7-6-8-17-24-21-10-20-23(16)31-25(18)49-29(19)60-52-30(22)42-48-41-45-38-35(28(17)59-51(45)50(42)58(15)64(59)11-67(2,3)12-64)32(24)36-33-27(21)26(20)34-43(31)53-54-44(34)37(33)46-39(36)40(38)47(41)56-55(46)62(54)66(63(56)57(48)52)14-68(4,5)13-65(60,66)61(49)53/h7-9,15,22,30,53,58,61H,6,10-14H2,1-5H3/q+2/b16-7?,17-8-. The number of nitrogens with zero attached hydrogens (tertiary/aromatic N) is 2. The van der Waals surface area contributed by atoms with Gasteiger partial charge in [0.1, 0.15) is 5.41 Å². The van der Waals surface area contributed by atoms with E-state index in [1.54, 1.807) is 151 Å². The third kappa shape index (κ3) is 1.75. The average molecular weight is 857 g/mol. The van der Waals surface area contributed by atoms with Crippen LogP contribution in [-0.4, -0.2) is 63.3 Å². The Kier molecular flexibility index (Phi) is 2.89. The summed E-state index contributed by atoms with van der Waals surface area (Å²) in [6.07, 6.45) is 7.80. The van der Waals surface area contributed by atoms with Gasteiger partial charge in [-0.3, -0.25) is 0 Å². The number of fused-ring (bicyclic) bond motifs is 6. The van der Waals surface area contributed by atoms with E-state index in [-0.39, 0.29) is 16.2 Å². The van der Waals surface area contributed by atoms with E-state index >= 15 is 0 Å². The van der Waals surface area contributed by atoms with Crippen LogP contribution in [0, 0.1) is 11.3 Å². The number of rotatable bonds is 0. The molecule has 8 atom stereocenters. The summed E-state index contributed by atoms with van der Waals surface area (Å²) >= 11 is 0. The molecule has 0 radical (unpaired) electrons. The first-order chi connectivity index (χ1) is 33.2. The van der Waals surface area contributed by atoms with E-state index in [1.165, 1.54) is 26.2 Å². The molecule has 68 heavy (non-hydrogen) atoms.